The van der Waals surface area contributed by atoms with E-state index < -0.39 is 0 Å². The summed E-state index contributed by atoms with van der Waals surface area (Å²) in [4.78, 5) is 21.2. The monoisotopic (exact) mass is 508 g/mol. The van der Waals surface area contributed by atoms with Crippen LogP contribution in [0, 0.1) is 0 Å². The molecule has 2 aromatic heterocycles. The molecule has 0 saturated heterocycles. The molecular formula is C34H28N4O. The number of nitrogens with zero attached hydrogens (tertiary/aromatic N) is 4. The van der Waals surface area contributed by atoms with Gasteiger partial charge in [0.15, 0.2) is 5.65 Å². The molecule has 0 saturated carbocycles. The first-order chi connectivity index (χ1) is 19.2. The van der Waals surface area contributed by atoms with E-state index in [1.54, 1.807) is 4.52 Å². The van der Waals surface area contributed by atoms with Gasteiger partial charge in [0.25, 0.3) is 5.91 Å². The van der Waals surface area contributed by atoms with Crippen molar-refractivity contribution >= 4 is 11.6 Å². The Morgan fingerprint density at radius 2 is 1.18 bits per heavy atom. The van der Waals surface area contributed by atoms with Crippen LogP contribution < -0.4 is 0 Å². The molecule has 0 aliphatic heterocycles. The molecule has 0 bridgehead atoms. The molecule has 5 heteroatoms. The van der Waals surface area contributed by atoms with Gasteiger partial charge in [0.1, 0.15) is 5.69 Å². The van der Waals surface area contributed by atoms with E-state index in [2.05, 4.69) is 24.3 Å². The molecule has 0 aliphatic rings. The molecule has 5 nitrogen and oxygen atoms in total. The summed E-state index contributed by atoms with van der Waals surface area (Å²) in [6.07, 6.45) is 0.757. The van der Waals surface area contributed by atoms with Crippen LogP contribution >= 0.6 is 0 Å². The minimum absolute atomic E-state index is 0.0814. The first-order valence-corrected chi connectivity index (χ1v) is 13.1. The van der Waals surface area contributed by atoms with Crippen LogP contribution in [0.4, 0.5) is 0 Å². The van der Waals surface area contributed by atoms with Crippen molar-refractivity contribution in [3.8, 4) is 22.5 Å². The van der Waals surface area contributed by atoms with Crippen LogP contribution in [-0.4, -0.2) is 31.9 Å². The first kappa shape index (κ1) is 24.3. The Bertz CT molecular complexity index is 1680. The fourth-order valence-corrected chi connectivity index (χ4v) is 4.76. The van der Waals surface area contributed by atoms with Crippen LogP contribution in [0.2, 0.25) is 0 Å². The molecule has 0 radical (unpaired) electrons. The third-order valence-electron chi connectivity index (χ3n) is 6.80. The molecular weight excluding hydrogens is 480 g/mol. The normalized spacial score (nSPS) is 11.0. The van der Waals surface area contributed by atoms with E-state index in [-0.39, 0.29) is 5.91 Å². The van der Waals surface area contributed by atoms with Crippen LogP contribution in [0.5, 0.6) is 0 Å². The Morgan fingerprint density at radius 1 is 0.641 bits per heavy atom. The molecule has 0 unspecified atom stereocenters. The summed E-state index contributed by atoms with van der Waals surface area (Å²) >= 11 is 0. The number of aromatic nitrogens is 3. The number of carbonyl (C=O) groups excluding carboxylic acids is 1. The molecule has 0 spiro atoms. The Labute approximate surface area is 228 Å². The SMILES string of the molecule is O=C(c1cc(-c2ccccc2)nc2cc(-c3ccccc3)nn12)N(CCc1ccccc1)Cc1ccccc1. The summed E-state index contributed by atoms with van der Waals surface area (Å²) in [5.41, 5.74) is 6.86. The lowest BCUT2D eigenvalue weighted by atomic mass is 10.1. The average molecular weight is 509 g/mol. The number of carbonyl (C=O) groups is 1. The number of hydrogen-bond acceptors (Lipinski definition) is 3. The number of rotatable bonds is 8. The molecule has 6 rings (SSSR count). The van der Waals surface area contributed by atoms with Gasteiger partial charge in [-0.3, -0.25) is 4.79 Å². The highest BCUT2D eigenvalue weighted by Crippen LogP contribution is 2.25. The van der Waals surface area contributed by atoms with Gasteiger partial charge in [-0.1, -0.05) is 121 Å². The van der Waals surface area contributed by atoms with Crippen molar-refractivity contribution < 1.29 is 4.79 Å². The van der Waals surface area contributed by atoms with Crippen molar-refractivity contribution in [3.63, 3.8) is 0 Å². The summed E-state index contributed by atoms with van der Waals surface area (Å²) in [7, 11) is 0. The zero-order chi connectivity index (χ0) is 26.4. The molecule has 0 atom stereocenters. The second kappa shape index (κ2) is 11.2. The van der Waals surface area contributed by atoms with Gasteiger partial charge in [0, 0.05) is 30.3 Å². The Hall–Kier alpha value is -5.03. The van der Waals surface area contributed by atoms with Gasteiger partial charge in [0.05, 0.1) is 11.4 Å². The van der Waals surface area contributed by atoms with E-state index in [1.165, 1.54) is 5.56 Å². The highest BCUT2D eigenvalue weighted by Gasteiger charge is 2.22. The minimum Gasteiger partial charge on any atom is -0.333 e. The van der Waals surface area contributed by atoms with Gasteiger partial charge in [-0.05, 0) is 23.6 Å². The average Bonchev–Trinajstić information content (AvgIpc) is 3.45. The smallest absolute Gasteiger partial charge is 0.272 e. The molecule has 0 N–H and O–H groups in total. The maximum Gasteiger partial charge on any atom is 0.272 e. The molecule has 2 heterocycles. The summed E-state index contributed by atoms with van der Waals surface area (Å²) in [6, 6.07) is 44.2. The van der Waals surface area contributed by atoms with Crippen molar-refractivity contribution in [1.29, 1.82) is 0 Å². The minimum atomic E-state index is -0.0814. The van der Waals surface area contributed by atoms with Crippen molar-refractivity contribution in [3.05, 3.63) is 150 Å². The van der Waals surface area contributed by atoms with E-state index in [0.717, 1.165) is 34.5 Å². The lowest BCUT2D eigenvalue weighted by molar-refractivity contribution is 0.0736. The highest BCUT2D eigenvalue weighted by molar-refractivity contribution is 5.94. The number of fused-ring (bicyclic) bond motifs is 1. The van der Waals surface area contributed by atoms with Gasteiger partial charge in [0.2, 0.25) is 0 Å². The molecule has 6 aromatic rings. The molecule has 4 aromatic carbocycles. The fraction of sp³-hybridized carbons (Fsp3) is 0.0882. The van der Waals surface area contributed by atoms with Gasteiger partial charge < -0.3 is 4.90 Å². The predicted molar refractivity (Wildman–Crippen MR) is 155 cm³/mol. The van der Waals surface area contributed by atoms with Crippen molar-refractivity contribution in [2.45, 2.75) is 13.0 Å². The van der Waals surface area contributed by atoms with Crippen molar-refractivity contribution in [2.24, 2.45) is 0 Å². The first-order valence-electron chi connectivity index (χ1n) is 13.1. The van der Waals surface area contributed by atoms with Crippen LogP contribution in [-0.2, 0) is 13.0 Å². The maximum absolute atomic E-state index is 14.4. The molecule has 39 heavy (non-hydrogen) atoms. The summed E-state index contributed by atoms with van der Waals surface area (Å²) < 4.78 is 1.69. The topological polar surface area (TPSA) is 50.5 Å². The van der Waals surface area contributed by atoms with E-state index >= 15 is 0 Å². The maximum atomic E-state index is 14.4. The van der Waals surface area contributed by atoms with Crippen molar-refractivity contribution in [2.75, 3.05) is 6.54 Å². The quantitative estimate of drug-likeness (QED) is 0.224. The van der Waals surface area contributed by atoms with E-state index in [0.29, 0.717) is 24.4 Å². The highest BCUT2D eigenvalue weighted by atomic mass is 16.2. The van der Waals surface area contributed by atoms with E-state index in [4.69, 9.17) is 10.1 Å². The Morgan fingerprint density at radius 3 is 1.79 bits per heavy atom. The number of hydrogen-bond donors (Lipinski definition) is 0. The van der Waals surface area contributed by atoms with Crippen LogP contribution in [0.15, 0.2) is 133 Å². The van der Waals surface area contributed by atoms with E-state index in [9.17, 15) is 4.79 Å². The van der Waals surface area contributed by atoms with Gasteiger partial charge >= 0.3 is 0 Å². The molecule has 1 amide bonds. The molecule has 0 fully saturated rings. The van der Waals surface area contributed by atoms with Crippen LogP contribution in [0.25, 0.3) is 28.2 Å². The second-order valence-electron chi connectivity index (χ2n) is 9.51. The summed E-state index contributed by atoms with van der Waals surface area (Å²) in [6.45, 7) is 1.08. The molecule has 190 valence electrons. The number of amides is 1. The lowest BCUT2D eigenvalue weighted by Crippen LogP contribution is -2.34. The predicted octanol–water partition coefficient (Wildman–Crippen LogP) is 6.95. The zero-order valence-electron chi connectivity index (χ0n) is 21.5. The lowest BCUT2D eigenvalue weighted by Gasteiger charge is -2.23. The zero-order valence-corrected chi connectivity index (χ0v) is 21.5. The van der Waals surface area contributed by atoms with Gasteiger partial charge in [-0.25, -0.2) is 9.50 Å². The summed E-state index contributed by atoms with van der Waals surface area (Å²) in [5.74, 6) is -0.0814. The van der Waals surface area contributed by atoms with Gasteiger partial charge in [-0.2, -0.15) is 5.10 Å². The molecule has 0 aliphatic carbocycles. The largest absolute Gasteiger partial charge is 0.333 e. The van der Waals surface area contributed by atoms with Crippen molar-refractivity contribution in [1.82, 2.24) is 19.5 Å². The fourth-order valence-electron chi connectivity index (χ4n) is 4.76. The Balaban J connectivity index is 1.44. The van der Waals surface area contributed by atoms with Crippen LogP contribution in [0.3, 0.4) is 0 Å². The third-order valence-corrected chi connectivity index (χ3v) is 6.80. The van der Waals surface area contributed by atoms with Crippen LogP contribution in [0.1, 0.15) is 21.6 Å². The summed E-state index contributed by atoms with van der Waals surface area (Å²) in [5, 5.41) is 4.85. The third kappa shape index (κ3) is 5.48. The second-order valence-corrected chi connectivity index (χ2v) is 9.51. The van der Waals surface area contributed by atoms with E-state index in [1.807, 2.05) is 114 Å². The number of benzene rings is 4. The standard InChI is InChI=1S/C34H28N4O/c39-34(37(25-27-15-7-2-8-16-27)22-21-26-13-5-1-6-14-26)32-23-30(28-17-9-3-10-18-28)35-33-24-31(36-38(32)33)29-19-11-4-12-20-29/h1-20,23-24H,21-22,25H2. The Kier molecular flexibility index (Phi) is 6.95. The van der Waals surface area contributed by atoms with Gasteiger partial charge in [-0.15, -0.1) is 0 Å².